The summed E-state index contributed by atoms with van der Waals surface area (Å²) >= 11 is 0. The minimum Gasteiger partial charge on any atom is -0.368 e. The van der Waals surface area contributed by atoms with Crippen LogP contribution in [0.5, 0.6) is 0 Å². The molecule has 27 heavy (non-hydrogen) atoms. The summed E-state index contributed by atoms with van der Waals surface area (Å²) in [5.41, 5.74) is 2.52. The second-order valence-corrected chi connectivity index (χ2v) is 6.82. The van der Waals surface area contributed by atoms with Crippen molar-refractivity contribution < 1.29 is 0 Å². The molecule has 1 aliphatic heterocycles. The fourth-order valence-electron chi connectivity index (χ4n) is 3.45. The fraction of sp³-hybridized carbons (Fsp3) is 0.273. The highest BCUT2D eigenvalue weighted by Gasteiger charge is 2.19. The number of piperazine rings is 1. The van der Waals surface area contributed by atoms with Gasteiger partial charge in [0, 0.05) is 38.1 Å². The Hall–Kier alpha value is -3.08. The van der Waals surface area contributed by atoms with Gasteiger partial charge in [-0.1, -0.05) is 48.5 Å². The molecule has 1 atom stereocenters. The first-order chi connectivity index (χ1) is 13.3. The lowest BCUT2D eigenvalue weighted by atomic mass is 10.1. The number of anilines is 3. The summed E-state index contributed by atoms with van der Waals surface area (Å²) in [6.07, 6.45) is 1.84. The number of para-hydroxylation sites is 1. The topological polar surface area (TPSA) is 44.3 Å². The zero-order valence-electron chi connectivity index (χ0n) is 15.6. The van der Waals surface area contributed by atoms with E-state index in [1.165, 1.54) is 11.3 Å². The van der Waals surface area contributed by atoms with E-state index in [2.05, 4.69) is 81.6 Å². The molecule has 138 valence electrons. The van der Waals surface area contributed by atoms with Crippen LogP contribution in [0.25, 0.3) is 0 Å². The maximum absolute atomic E-state index is 4.74. The van der Waals surface area contributed by atoms with E-state index in [0.29, 0.717) is 5.95 Å². The second-order valence-electron chi connectivity index (χ2n) is 6.82. The predicted molar refractivity (Wildman–Crippen MR) is 111 cm³/mol. The van der Waals surface area contributed by atoms with Crippen molar-refractivity contribution in [2.75, 3.05) is 41.3 Å². The highest BCUT2D eigenvalue weighted by atomic mass is 15.3. The molecule has 1 aliphatic rings. The van der Waals surface area contributed by atoms with Crippen molar-refractivity contribution in [3.8, 4) is 0 Å². The molecule has 5 heteroatoms. The van der Waals surface area contributed by atoms with Crippen LogP contribution < -0.4 is 15.1 Å². The van der Waals surface area contributed by atoms with Crippen LogP contribution in [0.2, 0.25) is 0 Å². The van der Waals surface area contributed by atoms with Crippen molar-refractivity contribution in [2.24, 2.45) is 0 Å². The van der Waals surface area contributed by atoms with Gasteiger partial charge in [-0.15, -0.1) is 0 Å². The molecular weight excluding hydrogens is 334 g/mol. The first-order valence-electron chi connectivity index (χ1n) is 9.49. The van der Waals surface area contributed by atoms with E-state index < -0.39 is 0 Å². The van der Waals surface area contributed by atoms with E-state index in [1.54, 1.807) is 0 Å². The van der Waals surface area contributed by atoms with Crippen LogP contribution in [-0.2, 0) is 0 Å². The third-order valence-corrected chi connectivity index (χ3v) is 5.01. The molecule has 0 amide bonds. The minimum absolute atomic E-state index is 0.163. The van der Waals surface area contributed by atoms with E-state index in [9.17, 15) is 0 Å². The first kappa shape index (κ1) is 17.3. The normalized spacial score (nSPS) is 15.4. The third kappa shape index (κ3) is 4.19. The molecule has 0 spiro atoms. The summed E-state index contributed by atoms with van der Waals surface area (Å²) < 4.78 is 0. The highest BCUT2D eigenvalue weighted by Crippen LogP contribution is 2.21. The van der Waals surface area contributed by atoms with Gasteiger partial charge in [0.15, 0.2) is 0 Å². The summed E-state index contributed by atoms with van der Waals surface area (Å²) in [4.78, 5) is 13.9. The Kier molecular flexibility index (Phi) is 5.19. The Labute approximate surface area is 160 Å². The lowest BCUT2D eigenvalue weighted by molar-refractivity contribution is 0.646. The molecule has 1 aromatic heterocycles. The van der Waals surface area contributed by atoms with E-state index >= 15 is 0 Å². The molecule has 0 saturated carbocycles. The number of hydrogen-bond acceptors (Lipinski definition) is 5. The lowest BCUT2D eigenvalue weighted by Crippen LogP contribution is -2.46. The standard InChI is InChI=1S/C22H25N5/c1-18(19-8-4-2-5-9-19)24-22-23-13-12-21(25-22)27-16-14-26(15-17-27)20-10-6-3-7-11-20/h2-13,18H,14-17H2,1H3,(H,23,24,25). The van der Waals surface area contributed by atoms with Crippen LogP contribution in [0, 0.1) is 0 Å². The van der Waals surface area contributed by atoms with Crippen molar-refractivity contribution in [3.63, 3.8) is 0 Å². The molecule has 0 aliphatic carbocycles. The quantitative estimate of drug-likeness (QED) is 0.747. The SMILES string of the molecule is CC(Nc1nccc(N2CCN(c3ccccc3)CC2)n1)c1ccccc1. The average molecular weight is 359 g/mol. The predicted octanol–water partition coefficient (Wildman–Crippen LogP) is 3.98. The Morgan fingerprint density at radius 2 is 1.44 bits per heavy atom. The van der Waals surface area contributed by atoms with Crippen LogP contribution in [0.15, 0.2) is 72.9 Å². The maximum atomic E-state index is 4.74. The molecule has 2 aromatic carbocycles. The molecule has 1 saturated heterocycles. The molecule has 1 fully saturated rings. The number of rotatable bonds is 5. The molecule has 4 rings (SSSR count). The van der Waals surface area contributed by atoms with Crippen molar-refractivity contribution in [3.05, 3.63) is 78.5 Å². The Bertz CT molecular complexity index is 845. The Morgan fingerprint density at radius 3 is 2.15 bits per heavy atom. The second kappa shape index (κ2) is 8.08. The van der Waals surface area contributed by atoms with Crippen LogP contribution in [0.3, 0.4) is 0 Å². The highest BCUT2D eigenvalue weighted by molar-refractivity contribution is 5.50. The van der Waals surface area contributed by atoms with Gasteiger partial charge in [-0.3, -0.25) is 0 Å². The molecule has 1 unspecified atom stereocenters. The number of hydrogen-bond donors (Lipinski definition) is 1. The fourth-order valence-corrected chi connectivity index (χ4v) is 3.45. The zero-order chi connectivity index (χ0) is 18.5. The molecule has 3 aromatic rings. The van der Waals surface area contributed by atoms with E-state index in [0.717, 1.165) is 32.0 Å². The molecule has 5 nitrogen and oxygen atoms in total. The van der Waals surface area contributed by atoms with E-state index in [-0.39, 0.29) is 6.04 Å². The molecule has 2 heterocycles. The van der Waals surface area contributed by atoms with Crippen LogP contribution >= 0.6 is 0 Å². The first-order valence-corrected chi connectivity index (χ1v) is 9.49. The number of nitrogens with zero attached hydrogens (tertiary/aromatic N) is 4. The van der Waals surface area contributed by atoms with E-state index in [4.69, 9.17) is 4.98 Å². The average Bonchev–Trinajstić information content (AvgIpc) is 2.75. The van der Waals surface area contributed by atoms with Gasteiger partial charge in [0.25, 0.3) is 0 Å². The summed E-state index contributed by atoms with van der Waals surface area (Å²) in [7, 11) is 0. The monoisotopic (exact) mass is 359 g/mol. The van der Waals surface area contributed by atoms with Crippen LogP contribution in [-0.4, -0.2) is 36.1 Å². The van der Waals surface area contributed by atoms with Gasteiger partial charge in [0.1, 0.15) is 5.82 Å². The number of benzene rings is 2. The van der Waals surface area contributed by atoms with Gasteiger partial charge < -0.3 is 15.1 Å². The van der Waals surface area contributed by atoms with Gasteiger partial charge in [0.05, 0.1) is 6.04 Å². The molecule has 1 N–H and O–H groups in total. The van der Waals surface area contributed by atoms with Crippen molar-refractivity contribution in [1.29, 1.82) is 0 Å². The van der Waals surface area contributed by atoms with Crippen molar-refractivity contribution in [1.82, 2.24) is 9.97 Å². The summed E-state index contributed by atoms with van der Waals surface area (Å²) in [5.74, 6) is 1.66. The van der Waals surface area contributed by atoms with Crippen LogP contribution in [0.1, 0.15) is 18.5 Å². The van der Waals surface area contributed by atoms with Gasteiger partial charge >= 0.3 is 0 Å². The third-order valence-electron chi connectivity index (χ3n) is 5.01. The molecule has 0 radical (unpaired) electrons. The van der Waals surface area contributed by atoms with Crippen molar-refractivity contribution in [2.45, 2.75) is 13.0 Å². The summed E-state index contributed by atoms with van der Waals surface area (Å²) in [6, 6.07) is 23.1. The van der Waals surface area contributed by atoms with E-state index in [1.807, 2.05) is 18.3 Å². The maximum Gasteiger partial charge on any atom is 0.225 e. The molecule has 0 bridgehead atoms. The minimum atomic E-state index is 0.163. The number of nitrogens with one attached hydrogen (secondary N) is 1. The van der Waals surface area contributed by atoms with Gasteiger partial charge in [-0.2, -0.15) is 4.98 Å². The summed E-state index contributed by atoms with van der Waals surface area (Å²) in [5, 5.41) is 3.41. The smallest absolute Gasteiger partial charge is 0.225 e. The Balaban J connectivity index is 1.40. The van der Waals surface area contributed by atoms with Crippen molar-refractivity contribution >= 4 is 17.5 Å². The number of aromatic nitrogens is 2. The van der Waals surface area contributed by atoms with Gasteiger partial charge in [-0.05, 0) is 30.7 Å². The van der Waals surface area contributed by atoms with Gasteiger partial charge in [-0.25, -0.2) is 4.98 Å². The largest absolute Gasteiger partial charge is 0.368 e. The van der Waals surface area contributed by atoms with Gasteiger partial charge in [0.2, 0.25) is 5.95 Å². The molecular formula is C22H25N5. The zero-order valence-corrected chi connectivity index (χ0v) is 15.6. The Morgan fingerprint density at radius 1 is 0.815 bits per heavy atom. The lowest BCUT2D eigenvalue weighted by Gasteiger charge is -2.36. The summed E-state index contributed by atoms with van der Waals surface area (Å²) in [6.45, 7) is 6.04. The van der Waals surface area contributed by atoms with Crippen LogP contribution in [0.4, 0.5) is 17.5 Å².